The van der Waals surface area contributed by atoms with Gasteiger partial charge in [0.25, 0.3) is 5.91 Å². The van der Waals surface area contributed by atoms with Crippen molar-refractivity contribution in [3.63, 3.8) is 0 Å². The van der Waals surface area contributed by atoms with Crippen LogP contribution in [0.4, 0.5) is 0 Å². The molecule has 1 atom stereocenters. The second-order valence-corrected chi connectivity index (χ2v) is 8.52. The third kappa shape index (κ3) is 6.59. The lowest BCUT2D eigenvalue weighted by Crippen LogP contribution is -2.49. The van der Waals surface area contributed by atoms with Crippen molar-refractivity contribution >= 4 is 27.7 Å². The molecule has 2 rings (SSSR count). The number of hydrogen-bond acceptors (Lipinski definition) is 3. The minimum absolute atomic E-state index is 0.119. The molecule has 0 unspecified atom stereocenters. The predicted molar refractivity (Wildman–Crippen MR) is 124 cm³/mol. The predicted octanol–water partition coefficient (Wildman–Crippen LogP) is 4.70. The lowest BCUT2D eigenvalue weighted by molar-refractivity contribution is -0.142. The molecule has 0 fully saturated rings. The van der Waals surface area contributed by atoms with E-state index in [0.29, 0.717) is 18.8 Å². The van der Waals surface area contributed by atoms with Gasteiger partial charge in [0.05, 0.1) is 0 Å². The lowest BCUT2D eigenvalue weighted by Gasteiger charge is -2.29. The number of amides is 2. The first-order valence-corrected chi connectivity index (χ1v) is 11.0. The Morgan fingerprint density at radius 3 is 2.43 bits per heavy atom. The van der Waals surface area contributed by atoms with Crippen molar-refractivity contribution in [1.82, 2.24) is 10.2 Å². The number of halogens is 1. The van der Waals surface area contributed by atoms with E-state index in [0.717, 1.165) is 33.1 Å². The fourth-order valence-corrected chi connectivity index (χ4v) is 3.40. The summed E-state index contributed by atoms with van der Waals surface area (Å²) in [6, 6.07) is 11.2. The first-order chi connectivity index (χ1) is 14.2. The maximum Gasteiger partial charge on any atom is 0.261 e. The molecule has 2 amide bonds. The van der Waals surface area contributed by atoms with E-state index in [-0.39, 0.29) is 18.4 Å². The first-order valence-electron chi connectivity index (χ1n) is 10.2. The van der Waals surface area contributed by atoms with E-state index in [4.69, 9.17) is 4.74 Å². The number of nitrogens with one attached hydrogen (secondary N) is 1. The normalized spacial score (nSPS) is 11.7. The molecule has 0 saturated carbocycles. The zero-order valence-corrected chi connectivity index (χ0v) is 20.0. The number of ether oxygens (including phenoxy) is 1. The van der Waals surface area contributed by atoms with Crippen molar-refractivity contribution in [3.8, 4) is 5.75 Å². The van der Waals surface area contributed by atoms with Gasteiger partial charge in [-0.2, -0.15) is 0 Å². The van der Waals surface area contributed by atoms with Crippen LogP contribution >= 0.6 is 15.9 Å². The summed E-state index contributed by atoms with van der Waals surface area (Å²) in [7, 11) is 0. The zero-order valence-electron chi connectivity index (χ0n) is 18.4. The van der Waals surface area contributed by atoms with Gasteiger partial charge in [0.15, 0.2) is 6.61 Å². The van der Waals surface area contributed by atoms with Gasteiger partial charge in [-0.25, -0.2) is 0 Å². The molecule has 0 aliphatic rings. The van der Waals surface area contributed by atoms with Crippen LogP contribution in [0.2, 0.25) is 0 Å². The van der Waals surface area contributed by atoms with E-state index < -0.39 is 6.04 Å². The van der Waals surface area contributed by atoms with Crippen LogP contribution in [0, 0.1) is 20.8 Å². The third-order valence-electron chi connectivity index (χ3n) is 5.10. The number of aryl methyl sites for hydroxylation is 2. The summed E-state index contributed by atoms with van der Waals surface area (Å²) in [6.07, 6.45) is 0.841. The Bertz CT molecular complexity index is 881. The first kappa shape index (κ1) is 23.9. The molecule has 0 saturated heterocycles. The van der Waals surface area contributed by atoms with Crippen molar-refractivity contribution in [2.45, 2.75) is 53.6 Å². The molecule has 0 aliphatic heterocycles. The number of carbonyl (C=O) groups is 2. The fourth-order valence-electron chi connectivity index (χ4n) is 3.14. The Balaban J connectivity index is 2.18. The average molecular weight is 475 g/mol. The summed E-state index contributed by atoms with van der Waals surface area (Å²) in [6.45, 7) is 10.6. The van der Waals surface area contributed by atoms with Gasteiger partial charge in [0.1, 0.15) is 11.8 Å². The molecule has 0 radical (unpaired) electrons. The molecule has 6 heteroatoms. The standard InChI is InChI=1S/C24H31BrN2O3/c1-6-11-26-24(29)19(5)27(14-20-7-9-21(25)10-8-20)23(28)15-30-22-13-16(2)12-17(3)18(22)4/h7-10,12-13,19H,6,11,14-15H2,1-5H3,(H,26,29)/t19-/m0/s1. The lowest BCUT2D eigenvalue weighted by atomic mass is 10.1. The molecular weight excluding hydrogens is 444 g/mol. The third-order valence-corrected chi connectivity index (χ3v) is 5.63. The Hall–Kier alpha value is -2.34. The topological polar surface area (TPSA) is 58.6 Å². The van der Waals surface area contributed by atoms with Crippen molar-refractivity contribution in [2.24, 2.45) is 0 Å². The molecule has 0 aromatic heterocycles. The quantitative estimate of drug-likeness (QED) is 0.572. The monoisotopic (exact) mass is 474 g/mol. The van der Waals surface area contributed by atoms with Crippen LogP contribution in [0.25, 0.3) is 0 Å². The molecule has 5 nitrogen and oxygen atoms in total. The maximum atomic E-state index is 13.1. The number of rotatable bonds is 9. The van der Waals surface area contributed by atoms with Crippen LogP contribution in [0.3, 0.4) is 0 Å². The van der Waals surface area contributed by atoms with Crippen molar-refractivity contribution in [2.75, 3.05) is 13.2 Å². The highest BCUT2D eigenvalue weighted by Gasteiger charge is 2.26. The van der Waals surface area contributed by atoms with E-state index in [1.807, 2.05) is 58.0 Å². The number of hydrogen-bond donors (Lipinski definition) is 1. The smallest absolute Gasteiger partial charge is 0.261 e. The molecular formula is C24H31BrN2O3. The molecule has 2 aromatic carbocycles. The molecule has 0 spiro atoms. The molecule has 0 heterocycles. The van der Waals surface area contributed by atoms with Crippen molar-refractivity contribution in [3.05, 3.63) is 63.1 Å². The second kappa shape index (κ2) is 11.2. The Morgan fingerprint density at radius 1 is 1.13 bits per heavy atom. The minimum Gasteiger partial charge on any atom is -0.483 e. The van der Waals surface area contributed by atoms with Gasteiger partial charge < -0.3 is 15.0 Å². The zero-order chi connectivity index (χ0) is 22.3. The number of benzene rings is 2. The van der Waals surface area contributed by atoms with Gasteiger partial charge in [-0.15, -0.1) is 0 Å². The van der Waals surface area contributed by atoms with E-state index in [2.05, 4.69) is 27.3 Å². The number of nitrogens with zero attached hydrogens (tertiary/aromatic N) is 1. The summed E-state index contributed by atoms with van der Waals surface area (Å²) in [4.78, 5) is 27.2. The fraction of sp³-hybridized carbons (Fsp3) is 0.417. The maximum absolute atomic E-state index is 13.1. The molecule has 0 aliphatic carbocycles. The van der Waals surface area contributed by atoms with Gasteiger partial charge in [-0.1, -0.05) is 41.1 Å². The van der Waals surface area contributed by atoms with Gasteiger partial charge in [0, 0.05) is 17.6 Å². The van der Waals surface area contributed by atoms with Crippen LogP contribution in [0.5, 0.6) is 5.75 Å². The summed E-state index contributed by atoms with van der Waals surface area (Å²) in [5.74, 6) is 0.313. The van der Waals surface area contributed by atoms with Crippen molar-refractivity contribution < 1.29 is 14.3 Å². The highest BCUT2D eigenvalue weighted by Crippen LogP contribution is 2.23. The van der Waals surface area contributed by atoms with Gasteiger partial charge in [0.2, 0.25) is 5.91 Å². The highest BCUT2D eigenvalue weighted by molar-refractivity contribution is 9.10. The summed E-state index contributed by atoms with van der Waals surface area (Å²) in [5, 5.41) is 2.88. The Labute approximate surface area is 187 Å². The van der Waals surface area contributed by atoms with Crippen molar-refractivity contribution in [1.29, 1.82) is 0 Å². The highest BCUT2D eigenvalue weighted by atomic mass is 79.9. The van der Waals surface area contributed by atoms with Crippen LogP contribution in [-0.4, -0.2) is 35.9 Å². The second-order valence-electron chi connectivity index (χ2n) is 7.61. The van der Waals surface area contributed by atoms with Crippen LogP contribution in [0.1, 0.15) is 42.5 Å². The molecule has 162 valence electrons. The summed E-state index contributed by atoms with van der Waals surface area (Å²) < 4.78 is 6.84. The average Bonchev–Trinajstić information content (AvgIpc) is 2.72. The van der Waals surface area contributed by atoms with Crippen LogP contribution < -0.4 is 10.1 Å². The van der Waals surface area contributed by atoms with Gasteiger partial charge in [-0.05, 0) is 74.6 Å². The van der Waals surface area contributed by atoms with E-state index in [1.165, 1.54) is 0 Å². The molecule has 30 heavy (non-hydrogen) atoms. The molecule has 0 bridgehead atoms. The van der Waals surface area contributed by atoms with Crippen LogP contribution in [-0.2, 0) is 16.1 Å². The molecule has 1 N–H and O–H groups in total. The van der Waals surface area contributed by atoms with E-state index in [1.54, 1.807) is 11.8 Å². The molecule has 2 aromatic rings. The summed E-state index contributed by atoms with van der Waals surface area (Å²) in [5.41, 5.74) is 4.17. The van der Waals surface area contributed by atoms with Gasteiger partial charge >= 0.3 is 0 Å². The Morgan fingerprint density at radius 2 is 1.80 bits per heavy atom. The van der Waals surface area contributed by atoms with E-state index in [9.17, 15) is 9.59 Å². The van der Waals surface area contributed by atoms with E-state index >= 15 is 0 Å². The summed E-state index contributed by atoms with van der Waals surface area (Å²) >= 11 is 3.43. The Kier molecular flexibility index (Phi) is 8.90. The number of carbonyl (C=O) groups excluding carboxylic acids is 2. The van der Waals surface area contributed by atoms with Gasteiger partial charge in [-0.3, -0.25) is 9.59 Å². The van der Waals surface area contributed by atoms with Crippen LogP contribution in [0.15, 0.2) is 40.9 Å². The minimum atomic E-state index is -0.600. The SMILES string of the molecule is CCCNC(=O)[C@H](C)N(Cc1ccc(Br)cc1)C(=O)COc1cc(C)cc(C)c1C. The largest absolute Gasteiger partial charge is 0.483 e.